The zero-order chi connectivity index (χ0) is 14.2. The average Bonchev–Trinajstić information content (AvgIpc) is 2.65. The maximum atomic E-state index is 12.0. The number of benzene rings is 1. The van der Waals surface area contributed by atoms with Gasteiger partial charge in [-0.2, -0.15) is 0 Å². The molecule has 0 saturated carbocycles. The number of rotatable bonds is 4. The molecule has 0 bridgehead atoms. The summed E-state index contributed by atoms with van der Waals surface area (Å²) < 4.78 is 26.0. The van der Waals surface area contributed by atoms with Crippen molar-refractivity contribution in [3.63, 3.8) is 0 Å². The minimum atomic E-state index is -3.08. The number of hydrogen-bond acceptors (Lipinski definition) is 3. The van der Waals surface area contributed by atoms with Crippen LogP contribution in [0.15, 0.2) is 24.3 Å². The highest BCUT2D eigenvalue weighted by Gasteiger charge is 2.19. The van der Waals surface area contributed by atoms with E-state index < -0.39 is 9.84 Å². The first-order chi connectivity index (χ1) is 8.85. The summed E-state index contributed by atoms with van der Waals surface area (Å²) in [6.07, 6.45) is 0. The summed E-state index contributed by atoms with van der Waals surface area (Å²) in [7, 11) is -1.18. The molecule has 0 spiro atoms. The Labute approximate surface area is 114 Å². The molecule has 4 nitrogen and oxygen atoms in total. The first-order valence-electron chi connectivity index (χ1n) is 6.34. The van der Waals surface area contributed by atoms with Gasteiger partial charge in [0.1, 0.15) is 0 Å². The van der Waals surface area contributed by atoms with Crippen LogP contribution >= 0.6 is 0 Å². The SMILES string of the molecule is CC(C)S(=O)(=O)Cc1cc2cc(CN)ccc2n1C. The topological polar surface area (TPSA) is 65.1 Å². The molecule has 2 rings (SSSR count). The van der Waals surface area contributed by atoms with Crippen LogP contribution in [0, 0.1) is 0 Å². The van der Waals surface area contributed by atoms with Crippen LogP contribution in [0.25, 0.3) is 10.9 Å². The molecular weight excluding hydrogens is 260 g/mol. The molecule has 1 heterocycles. The summed E-state index contributed by atoms with van der Waals surface area (Å²) in [5.41, 5.74) is 8.53. The molecule has 0 saturated heterocycles. The van der Waals surface area contributed by atoms with Gasteiger partial charge in [-0.25, -0.2) is 8.42 Å². The highest BCUT2D eigenvalue weighted by Crippen LogP contribution is 2.22. The normalized spacial score (nSPS) is 12.5. The summed E-state index contributed by atoms with van der Waals surface area (Å²) in [4.78, 5) is 0. The van der Waals surface area contributed by atoms with E-state index in [4.69, 9.17) is 5.73 Å². The van der Waals surface area contributed by atoms with Gasteiger partial charge in [-0.1, -0.05) is 6.07 Å². The van der Waals surface area contributed by atoms with E-state index in [9.17, 15) is 8.42 Å². The van der Waals surface area contributed by atoms with Crippen molar-refractivity contribution in [2.75, 3.05) is 0 Å². The van der Waals surface area contributed by atoms with Crippen molar-refractivity contribution in [1.82, 2.24) is 4.57 Å². The lowest BCUT2D eigenvalue weighted by atomic mass is 10.1. The lowest BCUT2D eigenvalue weighted by molar-refractivity contribution is 0.585. The van der Waals surface area contributed by atoms with E-state index >= 15 is 0 Å². The molecule has 0 atom stereocenters. The minimum Gasteiger partial charge on any atom is -0.347 e. The number of nitrogens with zero attached hydrogens (tertiary/aromatic N) is 1. The summed E-state index contributed by atoms with van der Waals surface area (Å²) >= 11 is 0. The standard InChI is InChI=1S/C14H20N2O2S/c1-10(2)19(17,18)9-13-7-12-6-11(8-15)4-5-14(12)16(13)3/h4-7,10H,8-9,15H2,1-3H3. The van der Waals surface area contributed by atoms with E-state index in [1.807, 2.05) is 35.9 Å². The van der Waals surface area contributed by atoms with Gasteiger partial charge in [0.15, 0.2) is 9.84 Å². The second-order valence-electron chi connectivity index (χ2n) is 5.15. The average molecular weight is 280 g/mol. The summed E-state index contributed by atoms with van der Waals surface area (Å²) in [5.74, 6) is 0.0772. The Bertz CT molecular complexity index is 700. The number of aromatic nitrogens is 1. The van der Waals surface area contributed by atoms with Crippen molar-refractivity contribution in [2.45, 2.75) is 31.4 Å². The van der Waals surface area contributed by atoms with Crippen LogP contribution in [0.1, 0.15) is 25.1 Å². The fourth-order valence-corrected chi connectivity index (χ4v) is 3.12. The number of sulfone groups is 1. The Balaban J connectivity index is 2.48. The first kappa shape index (κ1) is 14.1. The molecule has 0 aliphatic rings. The Kier molecular flexibility index (Phi) is 3.69. The van der Waals surface area contributed by atoms with Crippen molar-refractivity contribution in [3.05, 3.63) is 35.5 Å². The molecule has 1 aromatic carbocycles. The van der Waals surface area contributed by atoms with E-state index in [-0.39, 0.29) is 11.0 Å². The van der Waals surface area contributed by atoms with Crippen LogP contribution in [0.5, 0.6) is 0 Å². The van der Waals surface area contributed by atoms with Gasteiger partial charge >= 0.3 is 0 Å². The first-order valence-corrected chi connectivity index (χ1v) is 8.05. The maximum absolute atomic E-state index is 12.0. The predicted molar refractivity (Wildman–Crippen MR) is 78.6 cm³/mol. The fourth-order valence-electron chi connectivity index (χ4n) is 2.09. The maximum Gasteiger partial charge on any atom is 0.158 e. The number of hydrogen-bond donors (Lipinski definition) is 1. The number of aryl methyl sites for hydroxylation is 1. The minimum absolute atomic E-state index is 0.0772. The summed E-state index contributed by atoms with van der Waals surface area (Å²) in [6.45, 7) is 3.92. The lowest BCUT2D eigenvalue weighted by Gasteiger charge is -2.08. The predicted octanol–water partition coefficient (Wildman–Crippen LogP) is 1.96. The van der Waals surface area contributed by atoms with Gasteiger partial charge in [-0.15, -0.1) is 0 Å². The van der Waals surface area contributed by atoms with Crippen molar-refractivity contribution >= 4 is 20.7 Å². The molecular formula is C14H20N2O2S. The quantitative estimate of drug-likeness (QED) is 0.931. The van der Waals surface area contributed by atoms with Crippen LogP contribution in [-0.4, -0.2) is 18.2 Å². The Morgan fingerprint density at radius 3 is 2.53 bits per heavy atom. The van der Waals surface area contributed by atoms with Crippen LogP contribution in [0.2, 0.25) is 0 Å². The Hall–Kier alpha value is -1.33. The van der Waals surface area contributed by atoms with Crippen LogP contribution in [0.4, 0.5) is 0 Å². The molecule has 0 fully saturated rings. The third-order valence-corrected chi connectivity index (χ3v) is 5.64. The smallest absolute Gasteiger partial charge is 0.158 e. The van der Waals surface area contributed by atoms with E-state index in [0.717, 1.165) is 22.2 Å². The van der Waals surface area contributed by atoms with Crippen LogP contribution < -0.4 is 5.73 Å². The second-order valence-corrected chi connectivity index (χ2v) is 7.71. The fraction of sp³-hybridized carbons (Fsp3) is 0.429. The third-order valence-electron chi connectivity index (χ3n) is 3.51. The molecule has 2 aromatic rings. The zero-order valence-corrected chi connectivity index (χ0v) is 12.4. The van der Waals surface area contributed by atoms with E-state index in [2.05, 4.69) is 0 Å². The van der Waals surface area contributed by atoms with Crippen molar-refractivity contribution < 1.29 is 8.42 Å². The van der Waals surface area contributed by atoms with Gasteiger partial charge in [0.2, 0.25) is 0 Å². The molecule has 0 unspecified atom stereocenters. The molecule has 5 heteroatoms. The Morgan fingerprint density at radius 1 is 1.26 bits per heavy atom. The van der Waals surface area contributed by atoms with Gasteiger partial charge in [0, 0.05) is 30.2 Å². The van der Waals surface area contributed by atoms with Gasteiger partial charge in [0.05, 0.1) is 11.0 Å². The molecule has 0 aliphatic carbocycles. The van der Waals surface area contributed by atoms with E-state index in [1.165, 1.54) is 0 Å². The molecule has 0 aliphatic heterocycles. The zero-order valence-electron chi connectivity index (χ0n) is 11.6. The highest BCUT2D eigenvalue weighted by molar-refractivity contribution is 7.91. The molecule has 0 amide bonds. The largest absolute Gasteiger partial charge is 0.347 e. The highest BCUT2D eigenvalue weighted by atomic mass is 32.2. The van der Waals surface area contributed by atoms with Crippen LogP contribution in [0.3, 0.4) is 0 Å². The van der Waals surface area contributed by atoms with E-state index in [0.29, 0.717) is 6.54 Å². The molecule has 19 heavy (non-hydrogen) atoms. The van der Waals surface area contributed by atoms with Crippen molar-refractivity contribution in [3.8, 4) is 0 Å². The van der Waals surface area contributed by atoms with Gasteiger partial charge in [-0.3, -0.25) is 0 Å². The van der Waals surface area contributed by atoms with Crippen molar-refractivity contribution in [1.29, 1.82) is 0 Å². The lowest BCUT2D eigenvalue weighted by Crippen LogP contribution is -2.17. The van der Waals surface area contributed by atoms with Gasteiger partial charge < -0.3 is 10.3 Å². The third kappa shape index (κ3) is 2.67. The molecule has 104 valence electrons. The summed E-state index contributed by atoms with van der Waals surface area (Å²) in [5, 5.41) is 0.685. The summed E-state index contributed by atoms with van der Waals surface area (Å²) in [6, 6.07) is 7.92. The second kappa shape index (κ2) is 4.98. The molecule has 0 radical (unpaired) electrons. The van der Waals surface area contributed by atoms with E-state index in [1.54, 1.807) is 13.8 Å². The van der Waals surface area contributed by atoms with Gasteiger partial charge in [-0.05, 0) is 37.6 Å². The monoisotopic (exact) mass is 280 g/mol. The van der Waals surface area contributed by atoms with Gasteiger partial charge in [0.25, 0.3) is 0 Å². The molecule has 1 aromatic heterocycles. The number of fused-ring (bicyclic) bond motifs is 1. The molecule has 2 N–H and O–H groups in total. The van der Waals surface area contributed by atoms with Crippen molar-refractivity contribution in [2.24, 2.45) is 12.8 Å². The number of nitrogens with two attached hydrogens (primary N) is 1. The van der Waals surface area contributed by atoms with Crippen LogP contribution in [-0.2, 0) is 29.2 Å². The Morgan fingerprint density at radius 2 is 1.95 bits per heavy atom.